The van der Waals surface area contributed by atoms with Crippen molar-refractivity contribution < 1.29 is 4.79 Å². The van der Waals surface area contributed by atoms with E-state index in [9.17, 15) is 4.79 Å². The van der Waals surface area contributed by atoms with Gasteiger partial charge in [0.05, 0.1) is 0 Å². The van der Waals surface area contributed by atoms with Crippen molar-refractivity contribution in [3.05, 3.63) is 30.3 Å². The van der Waals surface area contributed by atoms with Gasteiger partial charge in [-0.1, -0.05) is 30.3 Å². The predicted molar refractivity (Wildman–Crippen MR) is 82.0 cm³/mol. The first-order chi connectivity index (χ1) is 10.7. The van der Waals surface area contributed by atoms with Gasteiger partial charge in [0.15, 0.2) is 0 Å². The lowest BCUT2D eigenvalue weighted by atomic mass is 10.2. The van der Waals surface area contributed by atoms with E-state index in [0.29, 0.717) is 12.4 Å². The van der Waals surface area contributed by atoms with Gasteiger partial charge in [0, 0.05) is 31.2 Å². The number of hydrogen-bond donors (Lipinski definition) is 1. The topological polar surface area (TPSA) is 75.9 Å². The molecule has 1 N–H and O–H groups in total. The maximum absolute atomic E-state index is 12.6. The highest BCUT2D eigenvalue weighted by atomic mass is 16.2. The average molecular weight is 300 g/mol. The lowest BCUT2D eigenvalue weighted by molar-refractivity contribution is -0.137. The molecule has 1 saturated heterocycles. The molecule has 116 valence electrons. The van der Waals surface area contributed by atoms with E-state index in [1.165, 1.54) is 4.80 Å². The highest BCUT2D eigenvalue weighted by Gasteiger charge is 2.29. The van der Waals surface area contributed by atoms with Gasteiger partial charge in [0.25, 0.3) is 0 Å². The summed E-state index contributed by atoms with van der Waals surface area (Å²) in [5, 5.41) is 15.7. The number of carbonyl (C=O) groups is 1. The summed E-state index contributed by atoms with van der Waals surface area (Å²) in [6.07, 6.45) is 0. The van der Waals surface area contributed by atoms with Crippen LogP contribution in [0.3, 0.4) is 0 Å². The molecule has 1 unspecified atom stereocenters. The Kier molecular flexibility index (Phi) is 4.15. The van der Waals surface area contributed by atoms with E-state index in [0.717, 1.165) is 18.7 Å². The van der Waals surface area contributed by atoms with Gasteiger partial charge in [0.1, 0.15) is 6.04 Å². The van der Waals surface area contributed by atoms with Crippen molar-refractivity contribution in [3.8, 4) is 11.4 Å². The van der Waals surface area contributed by atoms with Gasteiger partial charge in [-0.15, -0.1) is 10.2 Å². The van der Waals surface area contributed by atoms with Crippen molar-refractivity contribution in [1.82, 2.24) is 30.4 Å². The van der Waals surface area contributed by atoms with Gasteiger partial charge < -0.3 is 10.2 Å². The second kappa shape index (κ2) is 6.23. The Hall–Kier alpha value is -2.28. The van der Waals surface area contributed by atoms with E-state index in [1.807, 2.05) is 49.1 Å². The molecule has 2 heterocycles. The van der Waals surface area contributed by atoms with Gasteiger partial charge in [-0.3, -0.25) is 4.79 Å². The molecular formula is C15H20N6O. The highest BCUT2D eigenvalue weighted by molar-refractivity contribution is 5.80. The maximum Gasteiger partial charge on any atom is 0.249 e. The first-order valence-corrected chi connectivity index (χ1v) is 7.53. The van der Waals surface area contributed by atoms with Crippen molar-refractivity contribution >= 4 is 5.91 Å². The number of aromatic nitrogens is 4. The molecule has 2 aromatic rings. The van der Waals surface area contributed by atoms with Gasteiger partial charge in [-0.2, -0.15) is 4.80 Å². The van der Waals surface area contributed by atoms with Crippen molar-refractivity contribution in [2.24, 2.45) is 0 Å². The van der Waals surface area contributed by atoms with Crippen LogP contribution >= 0.6 is 0 Å². The number of benzene rings is 1. The third-order valence-electron chi connectivity index (χ3n) is 3.95. The van der Waals surface area contributed by atoms with Crippen molar-refractivity contribution in [2.75, 3.05) is 19.6 Å². The Labute approximate surface area is 129 Å². The van der Waals surface area contributed by atoms with Crippen molar-refractivity contribution in [3.63, 3.8) is 0 Å². The molecule has 0 bridgehead atoms. The van der Waals surface area contributed by atoms with Crippen LogP contribution in [0, 0.1) is 0 Å². The Bertz CT molecular complexity index is 640. The Morgan fingerprint density at radius 1 is 1.36 bits per heavy atom. The lowest BCUT2D eigenvalue weighted by Gasteiger charge is -2.35. The number of carbonyl (C=O) groups excluding carboxylic acids is 1. The van der Waals surface area contributed by atoms with E-state index in [1.54, 1.807) is 0 Å². The molecule has 1 fully saturated rings. The Morgan fingerprint density at radius 3 is 2.86 bits per heavy atom. The molecule has 22 heavy (non-hydrogen) atoms. The Balaban J connectivity index is 1.76. The third-order valence-corrected chi connectivity index (χ3v) is 3.95. The first kappa shape index (κ1) is 14.6. The zero-order valence-corrected chi connectivity index (χ0v) is 12.8. The molecule has 0 aliphatic carbocycles. The molecule has 1 aromatic heterocycles. The average Bonchev–Trinajstić information content (AvgIpc) is 3.05. The molecule has 1 aliphatic rings. The normalized spacial score (nSPS) is 19.9. The van der Waals surface area contributed by atoms with E-state index in [2.05, 4.69) is 20.7 Å². The zero-order chi connectivity index (χ0) is 15.5. The van der Waals surface area contributed by atoms with Crippen molar-refractivity contribution in [2.45, 2.75) is 25.9 Å². The first-order valence-electron chi connectivity index (χ1n) is 7.53. The number of nitrogens with zero attached hydrogens (tertiary/aromatic N) is 5. The van der Waals surface area contributed by atoms with Gasteiger partial charge in [0.2, 0.25) is 11.7 Å². The van der Waals surface area contributed by atoms with Crippen molar-refractivity contribution in [1.29, 1.82) is 0 Å². The number of tetrazole rings is 1. The van der Waals surface area contributed by atoms with Gasteiger partial charge in [-0.05, 0) is 19.1 Å². The standard InChI is InChI=1S/C15H20N6O/c1-11-10-16-8-9-20(11)15(22)12(2)21-18-14(17-19-21)13-6-4-3-5-7-13/h3-7,11-12,16H,8-10H2,1-2H3/t11-,12?/m1/s1. The SMILES string of the molecule is CC(C(=O)N1CCNC[C@H]1C)n1nnc(-c2ccccc2)n1. The molecule has 2 atom stereocenters. The molecule has 1 aliphatic heterocycles. The fourth-order valence-corrected chi connectivity index (χ4v) is 2.60. The summed E-state index contributed by atoms with van der Waals surface area (Å²) >= 11 is 0. The van der Waals surface area contributed by atoms with Crippen LogP contribution in [0.2, 0.25) is 0 Å². The number of nitrogens with one attached hydrogen (secondary N) is 1. The minimum atomic E-state index is -0.453. The summed E-state index contributed by atoms with van der Waals surface area (Å²) in [4.78, 5) is 15.9. The van der Waals surface area contributed by atoms with E-state index in [4.69, 9.17) is 0 Å². The molecule has 7 nitrogen and oxygen atoms in total. The van der Waals surface area contributed by atoms with Gasteiger partial charge >= 0.3 is 0 Å². The number of piperazine rings is 1. The summed E-state index contributed by atoms with van der Waals surface area (Å²) in [5.74, 6) is 0.569. The van der Waals surface area contributed by atoms with Crippen LogP contribution in [0.5, 0.6) is 0 Å². The Morgan fingerprint density at radius 2 is 2.14 bits per heavy atom. The monoisotopic (exact) mass is 300 g/mol. The summed E-state index contributed by atoms with van der Waals surface area (Å²) in [7, 11) is 0. The number of hydrogen-bond acceptors (Lipinski definition) is 5. The fourth-order valence-electron chi connectivity index (χ4n) is 2.60. The molecule has 1 aromatic carbocycles. The second-order valence-electron chi connectivity index (χ2n) is 5.56. The highest BCUT2D eigenvalue weighted by Crippen LogP contribution is 2.16. The third kappa shape index (κ3) is 2.85. The van der Waals surface area contributed by atoms with E-state index >= 15 is 0 Å². The molecule has 0 radical (unpaired) electrons. The molecule has 7 heteroatoms. The largest absolute Gasteiger partial charge is 0.336 e. The maximum atomic E-state index is 12.6. The molecule has 0 spiro atoms. The molecule has 3 rings (SSSR count). The van der Waals surface area contributed by atoms with E-state index in [-0.39, 0.29) is 11.9 Å². The molecule has 0 saturated carbocycles. The van der Waals surface area contributed by atoms with Gasteiger partial charge in [-0.25, -0.2) is 0 Å². The molecular weight excluding hydrogens is 280 g/mol. The van der Waals surface area contributed by atoms with Crippen LogP contribution in [-0.2, 0) is 4.79 Å². The van der Waals surface area contributed by atoms with Crippen LogP contribution < -0.4 is 5.32 Å². The van der Waals surface area contributed by atoms with Crippen LogP contribution in [0.25, 0.3) is 11.4 Å². The van der Waals surface area contributed by atoms with E-state index < -0.39 is 6.04 Å². The van der Waals surface area contributed by atoms with Crippen LogP contribution in [0.15, 0.2) is 30.3 Å². The lowest BCUT2D eigenvalue weighted by Crippen LogP contribution is -2.53. The summed E-state index contributed by atoms with van der Waals surface area (Å²) < 4.78 is 0. The zero-order valence-electron chi connectivity index (χ0n) is 12.8. The van der Waals surface area contributed by atoms with Crippen LogP contribution in [0.1, 0.15) is 19.9 Å². The van der Waals surface area contributed by atoms with Crippen LogP contribution in [-0.4, -0.2) is 56.7 Å². The predicted octanol–water partition coefficient (Wildman–Crippen LogP) is 0.721. The minimum Gasteiger partial charge on any atom is -0.336 e. The summed E-state index contributed by atoms with van der Waals surface area (Å²) in [5.41, 5.74) is 0.893. The smallest absolute Gasteiger partial charge is 0.249 e. The fraction of sp³-hybridized carbons (Fsp3) is 0.467. The number of amides is 1. The number of rotatable bonds is 3. The molecule has 1 amide bonds. The van der Waals surface area contributed by atoms with Crippen LogP contribution in [0.4, 0.5) is 0 Å². The second-order valence-corrected chi connectivity index (χ2v) is 5.56. The summed E-state index contributed by atoms with van der Waals surface area (Å²) in [6.45, 7) is 6.21. The quantitative estimate of drug-likeness (QED) is 0.904. The summed E-state index contributed by atoms with van der Waals surface area (Å²) in [6, 6.07) is 9.36. The minimum absolute atomic E-state index is 0.0333.